The van der Waals surface area contributed by atoms with E-state index in [2.05, 4.69) is 5.32 Å². The van der Waals surface area contributed by atoms with Crippen molar-refractivity contribution >= 4 is 6.09 Å². The fraction of sp³-hybridized carbons (Fsp3) is 0.900. The standard InChI is InChI=1S/C10H19NO4/c1-9(2,3)15-8(13)11-10(4-5-12)6-14-7-10/h12H,4-7H2,1-3H3,(H,11,13). The highest BCUT2D eigenvalue weighted by Gasteiger charge is 2.40. The highest BCUT2D eigenvalue weighted by Crippen LogP contribution is 2.21. The molecule has 0 aromatic carbocycles. The van der Waals surface area contributed by atoms with E-state index in [0.29, 0.717) is 19.6 Å². The second-order valence-corrected chi connectivity index (χ2v) is 4.87. The van der Waals surface area contributed by atoms with Crippen molar-refractivity contribution in [2.45, 2.75) is 38.3 Å². The Kier molecular flexibility index (Phi) is 3.57. The van der Waals surface area contributed by atoms with Crippen LogP contribution in [-0.2, 0) is 9.47 Å². The Morgan fingerprint density at radius 3 is 2.47 bits per heavy atom. The molecule has 0 bridgehead atoms. The van der Waals surface area contributed by atoms with Gasteiger partial charge in [0, 0.05) is 6.61 Å². The maximum Gasteiger partial charge on any atom is 0.408 e. The number of hydrogen-bond donors (Lipinski definition) is 2. The zero-order valence-corrected chi connectivity index (χ0v) is 9.50. The van der Waals surface area contributed by atoms with E-state index in [9.17, 15) is 4.79 Å². The number of amides is 1. The molecule has 0 radical (unpaired) electrons. The summed E-state index contributed by atoms with van der Waals surface area (Å²) in [4.78, 5) is 11.5. The summed E-state index contributed by atoms with van der Waals surface area (Å²) in [6, 6.07) is 0. The summed E-state index contributed by atoms with van der Waals surface area (Å²) in [6.45, 7) is 6.33. The molecule has 1 heterocycles. The number of aliphatic hydroxyl groups excluding tert-OH is 1. The van der Waals surface area contributed by atoms with Gasteiger partial charge in [-0.1, -0.05) is 0 Å². The second-order valence-electron chi connectivity index (χ2n) is 4.87. The van der Waals surface area contributed by atoms with Gasteiger partial charge in [-0.05, 0) is 27.2 Å². The summed E-state index contributed by atoms with van der Waals surface area (Å²) < 4.78 is 10.2. The number of carbonyl (C=O) groups excluding carboxylic acids is 1. The zero-order valence-electron chi connectivity index (χ0n) is 9.50. The molecule has 2 N–H and O–H groups in total. The number of aliphatic hydroxyl groups is 1. The average molecular weight is 217 g/mol. The van der Waals surface area contributed by atoms with Crippen LogP contribution in [0.2, 0.25) is 0 Å². The summed E-state index contributed by atoms with van der Waals surface area (Å²) in [5, 5.41) is 11.6. The third-order valence-electron chi connectivity index (χ3n) is 2.11. The van der Waals surface area contributed by atoms with Crippen LogP contribution in [0.25, 0.3) is 0 Å². The first-order chi connectivity index (χ1) is 6.87. The molecule has 0 aromatic heterocycles. The molecule has 1 aliphatic rings. The van der Waals surface area contributed by atoms with E-state index in [-0.39, 0.29) is 6.61 Å². The van der Waals surface area contributed by atoms with Gasteiger partial charge < -0.3 is 19.9 Å². The number of carbonyl (C=O) groups is 1. The van der Waals surface area contributed by atoms with E-state index in [1.165, 1.54) is 0 Å². The Labute approximate surface area is 89.8 Å². The van der Waals surface area contributed by atoms with Crippen LogP contribution in [0.5, 0.6) is 0 Å². The van der Waals surface area contributed by atoms with Gasteiger partial charge >= 0.3 is 6.09 Å². The zero-order chi connectivity index (χ0) is 11.5. The van der Waals surface area contributed by atoms with Crippen molar-refractivity contribution < 1.29 is 19.4 Å². The highest BCUT2D eigenvalue weighted by atomic mass is 16.6. The summed E-state index contributed by atoms with van der Waals surface area (Å²) >= 11 is 0. The minimum Gasteiger partial charge on any atom is -0.444 e. The van der Waals surface area contributed by atoms with Gasteiger partial charge in [-0.15, -0.1) is 0 Å². The van der Waals surface area contributed by atoms with Crippen LogP contribution in [0.15, 0.2) is 0 Å². The van der Waals surface area contributed by atoms with Crippen molar-refractivity contribution in [2.24, 2.45) is 0 Å². The molecule has 88 valence electrons. The molecule has 1 rings (SSSR count). The summed E-state index contributed by atoms with van der Waals surface area (Å²) in [6.07, 6.45) is 0.0333. The number of hydrogen-bond acceptors (Lipinski definition) is 4. The summed E-state index contributed by atoms with van der Waals surface area (Å²) in [5.74, 6) is 0. The van der Waals surface area contributed by atoms with Crippen molar-refractivity contribution in [3.63, 3.8) is 0 Å². The summed E-state index contributed by atoms with van der Waals surface area (Å²) in [5.41, 5.74) is -0.938. The normalized spacial score (nSPS) is 19.2. The molecular weight excluding hydrogens is 198 g/mol. The van der Waals surface area contributed by atoms with E-state index in [4.69, 9.17) is 14.6 Å². The topological polar surface area (TPSA) is 67.8 Å². The largest absolute Gasteiger partial charge is 0.444 e. The van der Waals surface area contributed by atoms with Crippen molar-refractivity contribution in [1.29, 1.82) is 0 Å². The van der Waals surface area contributed by atoms with Crippen molar-refractivity contribution in [3.05, 3.63) is 0 Å². The molecule has 5 heteroatoms. The first kappa shape index (κ1) is 12.3. The van der Waals surface area contributed by atoms with Crippen LogP contribution in [0, 0.1) is 0 Å². The van der Waals surface area contributed by atoms with Crippen molar-refractivity contribution in [2.75, 3.05) is 19.8 Å². The van der Waals surface area contributed by atoms with Gasteiger partial charge in [0.05, 0.1) is 18.8 Å². The van der Waals surface area contributed by atoms with Crippen LogP contribution < -0.4 is 5.32 Å². The maximum absolute atomic E-state index is 11.5. The van der Waals surface area contributed by atoms with E-state index in [0.717, 1.165) is 0 Å². The molecule has 5 nitrogen and oxygen atoms in total. The average Bonchev–Trinajstić information content (AvgIpc) is 1.96. The minimum absolute atomic E-state index is 0.0269. The molecule has 1 saturated heterocycles. The van der Waals surface area contributed by atoms with E-state index in [1.54, 1.807) is 0 Å². The first-order valence-electron chi connectivity index (χ1n) is 5.07. The molecule has 0 atom stereocenters. The van der Waals surface area contributed by atoms with Gasteiger partial charge in [-0.3, -0.25) is 0 Å². The maximum atomic E-state index is 11.5. The first-order valence-corrected chi connectivity index (χ1v) is 5.07. The lowest BCUT2D eigenvalue weighted by Gasteiger charge is -2.41. The van der Waals surface area contributed by atoms with Crippen molar-refractivity contribution in [1.82, 2.24) is 5.32 Å². The van der Waals surface area contributed by atoms with Gasteiger partial charge in [0.25, 0.3) is 0 Å². The Hall–Kier alpha value is -0.810. The molecule has 0 aliphatic carbocycles. The lowest BCUT2D eigenvalue weighted by atomic mass is 9.94. The number of nitrogens with one attached hydrogen (secondary N) is 1. The predicted molar refractivity (Wildman–Crippen MR) is 54.6 cm³/mol. The Bertz CT molecular complexity index is 230. The van der Waals surface area contributed by atoms with Crippen molar-refractivity contribution in [3.8, 4) is 0 Å². The van der Waals surface area contributed by atoms with Crippen LogP contribution >= 0.6 is 0 Å². The fourth-order valence-corrected chi connectivity index (χ4v) is 1.36. The van der Waals surface area contributed by atoms with E-state index >= 15 is 0 Å². The van der Waals surface area contributed by atoms with Gasteiger partial charge in [0.2, 0.25) is 0 Å². The fourth-order valence-electron chi connectivity index (χ4n) is 1.36. The predicted octanol–water partition coefficient (Wildman–Crippen LogP) is 0.662. The van der Waals surface area contributed by atoms with Gasteiger partial charge in [-0.25, -0.2) is 4.79 Å². The number of rotatable bonds is 3. The highest BCUT2D eigenvalue weighted by molar-refractivity contribution is 5.69. The third kappa shape index (κ3) is 3.68. The Morgan fingerprint density at radius 1 is 1.53 bits per heavy atom. The second kappa shape index (κ2) is 4.37. The van der Waals surface area contributed by atoms with Crippen LogP contribution in [0.3, 0.4) is 0 Å². The quantitative estimate of drug-likeness (QED) is 0.728. The Morgan fingerprint density at radius 2 is 2.13 bits per heavy atom. The molecular formula is C10H19NO4. The lowest BCUT2D eigenvalue weighted by molar-refractivity contribution is -0.0843. The summed E-state index contributed by atoms with van der Waals surface area (Å²) in [7, 11) is 0. The van der Waals surface area contributed by atoms with E-state index in [1.807, 2.05) is 20.8 Å². The third-order valence-corrected chi connectivity index (χ3v) is 2.11. The van der Waals surface area contributed by atoms with Crippen LogP contribution in [0.4, 0.5) is 4.79 Å². The van der Waals surface area contributed by atoms with Gasteiger partial charge in [0.15, 0.2) is 0 Å². The van der Waals surface area contributed by atoms with E-state index < -0.39 is 17.2 Å². The SMILES string of the molecule is CC(C)(C)OC(=O)NC1(CCO)COC1. The smallest absolute Gasteiger partial charge is 0.408 e. The monoisotopic (exact) mass is 217 g/mol. The molecule has 0 unspecified atom stereocenters. The molecule has 1 aliphatic heterocycles. The molecule has 0 aromatic rings. The van der Waals surface area contributed by atoms with Gasteiger partial charge in [-0.2, -0.15) is 0 Å². The minimum atomic E-state index is -0.505. The molecule has 0 saturated carbocycles. The van der Waals surface area contributed by atoms with Crippen LogP contribution in [-0.4, -0.2) is 42.2 Å². The molecule has 15 heavy (non-hydrogen) atoms. The van der Waals surface area contributed by atoms with Crippen LogP contribution in [0.1, 0.15) is 27.2 Å². The molecule has 1 fully saturated rings. The molecule has 1 amide bonds. The Balaban J connectivity index is 2.42. The van der Waals surface area contributed by atoms with Gasteiger partial charge in [0.1, 0.15) is 5.60 Å². The number of ether oxygens (including phenoxy) is 2. The number of alkyl carbamates (subject to hydrolysis) is 1. The lowest BCUT2D eigenvalue weighted by Crippen LogP contribution is -2.63. The molecule has 0 spiro atoms.